The summed E-state index contributed by atoms with van der Waals surface area (Å²) in [5, 5.41) is 7.85. The van der Waals surface area contributed by atoms with Gasteiger partial charge in [-0.15, -0.1) is 0 Å². The zero-order chi connectivity index (χ0) is 20.1. The average molecular weight is 390 g/mol. The summed E-state index contributed by atoms with van der Waals surface area (Å²) in [6.45, 7) is 3.73. The van der Waals surface area contributed by atoms with Crippen LogP contribution in [0.2, 0.25) is 0 Å². The summed E-state index contributed by atoms with van der Waals surface area (Å²) in [5.74, 6) is 0.688. The fraction of sp³-hybridized carbons (Fsp3) is 0.348. The number of ether oxygens (including phenoxy) is 1. The maximum atomic E-state index is 12.4. The molecule has 1 aliphatic carbocycles. The van der Waals surface area contributed by atoms with Crippen molar-refractivity contribution < 1.29 is 9.53 Å². The third-order valence-electron chi connectivity index (χ3n) is 5.20. The molecule has 1 aliphatic rings. The Labute approximate surface area is 170 Å². The molecule has 0 bridgehead atoms. The van der Waals surface area contributed by atoms with Crippen molar-refractivity contribution >= 4 is 5.91 Å². The Morgan fingerprint density at radius 1 is 1.14 bits per heavy atom. The molecule has 1 aromatic carbocycles. The number of benzene rings is 1. The second-order valence-electron chi connectivity index (χ2n) is 7.13. The Hall–Kier alpha value is -3.15. The van der Waals surface area contributed by atoms with Crippen LogP contribution in [0.4, 0.5) is 0 Å². The van der Waals surface area contributed by atoms with E-state index in [0.717, 1.165) is 30.0 Å². The van der Waals surface area contributed by atoms with Gasteiger partial charge in [-0.2, -0.15) is 5.10 Å². The minimum absolute atomic E-state index is 0.0842. The SMILES string of the molecule is CCOc1ccc(C(=O)NCCn2nc(-c3ccccn3)c3c2CCCC3)cc1. The lowest BCUT2D eigenvalue weighted by atomic mass is 9.95. The van der Waals surface area contributed by atoms with Crippen molar-refractivity contribution in [1.82, 2.24) is 20.1 Å². The number of hydrogen-bond acceptors (Lipinski definition) is 4. The van der Waals surface area contributed by atoms with E-state index in [1.165, 1.54) is 24.1 Å². The van der Waals surface area contributed by atoms with Crippen LogP contribution in [0.3, 0.4) is 0 Å². The van der Waals surface area contributed by atoms with E-state index in [2.05, 4.69) is 15.0 Å². The van der Waals surface area contributed by atoms with Crippen molar-refractivity contribution in [3.05, 3.63) is 65.5 Å². The summed E-state index contributed by atoms with van der Waals surface area (Å²) < 4.78 is 7.48. The molecule has 2 aromatic heterocycles. The molecule has 6 nitrogen and oxygen atoms in total. The zero-order valence-electron chi connectivity index (χ0n) is 16.7. The quantitative estimate of drug-likeness (QED) is 0.669. The van der Waals surface area contributed by atoms with Crippen molar-refractivity contribution in [1.29, 1.82) is 0 Å². The van der Waals surface area contributed by atoms with Crippen LogP contribution in [0, 0.1) is 0 Å². The molecular weight excluding hydrogens is 364 g/mol. The Balaban J connectivity index is 1.43. The highest BCUT2D eigenvalue weighted by molar-refractivity contribution is 5.94. The van der Waals surface area contributed by atoms with Crippen LogP contribution in [0.5, 0.6) is 5.75 Å². The van der Waals surface area contributed by atoms with E-state index in [9.17, 15) is 4.79 Å². The molecule has 0 saturated carbocycles. The van der Waals surface area contributed by atoms with Crippen LogP contribution in [0.1, 0.15) is 41.4 Å². The number of nitrogens with one attached hydrogen (secondary N) is 1. The Bertz CT molecular complexity index is 965. The number of fused-ring (bicyclic) bond motifs is 1. The molecule has 0 saturated heterocycles. The molecule has 150 valence electrons. The number of aromatic nitrogens is 3. The van der Waals surface area contributed by atoms with Crippen molar-refractivity contribution in [2.24, 2.45) is 0 Å². The lowest BCUT2D eigenvalue weighted by molar-refractivity contribution is 0.0952. The third kappa shape index (κ3) is 4.31. The fourth-order valence-corrected chi connectivity index (χ4v) is 3.81. The number of pyridine rings is 1. The molecule has 1 amide bonds. The molecule has 0 spiro atoms. The van der Waals surface area contributed by atoms with Crippen molar-refractivity contribution in [2.45, 2.75) is 39.2 Å². The molecule has 4 rings (SSSR count). The normalized spacial score (nSPS) is 13.0. The summed E-state index contributed by atoms with van der Waals surface area (Å²) >= 11 is 0. The fourth-order valence-electron chi connectivity index (χ4n) is 3.81. The lowest BCUT2D eigenvalue weighted by Crippen LogP contribution is -2.28. The van der Waals surface area contributed by atoms with E-state index >= 15 is 0 Å². The van der Waals surface area contributed by atoms with Crippen LogP contribution >= 0.6 is 0 Å². The van der Waals surface area contributed by atoms with Crippen LogP contribution < -0.4 is 10.1 Å². The van der Waals surface area contributed by atoms with Crippen LogP contribution in [0.25, 0.3) is 11.4 Å². The first-order valence-electron chi connectivity index (χ1n) is 10.3. The van der Waals surface area contributed by atoms with Gasteiger partial charge in [-0.3, -0.25) is 14.5 Å². The van der Waals surface area contributed by atoms with E-state index in [-0.39, 0.29) is 5.91 Å². The summed E-state index contributed by atoms with van der Waals surface area (Å²) in [6.07, 6.45) is 6.24. The van der Waals surface area contributed by atoms with Crippen LogP contribution in [-0.4, -0.2) is 33.8 Å². The molecule has 0 aliphatic heterocycles. The Kier molecular flexibility index (Phi) is 5.89. The molecule has 6 heteroatoms. The van der Waals surface area contributed by atoms with Gasteiger partial charge < -0.3 is 10.1 Å². The first-order valence-corrected chi connectivity index (χ1v) is 10.3. The Morgan fingerprint density at radius 2 is 1.97 bits per heavy atom. The number of hydrogen-bond donors (Lipinski definition) is 1. The summed E-state index contributed by atoms with van der Waals surface area (Å²) in [6, 6.07) is 13.1. The minimum Gasteiger partial charge on any atom is -0.494 e. The predicted octanol–water partition coefficient (Wildman–Crippen LogP) is 3.65. The summed E-state index contributed by atoms with van der Waals surface area (Å²) in [4.78, 5) is 16.9. The minimum atomic E-state index is -0.0842. The molecule has 0 atom stereocenters. The van der Waals surface area contributed by atoms with Gasteiger partial charge in [-0.25, -0.2) is 0 Å². The molecule has 3 aromatic rings. The number of rotatable bonds is 7. The lowest BCUT2D eigenvalue weighted by Gasteiger charge is -2.14. The molecule has 29 heavy (non-hydrogen) atoms. The van der Waals surface area contributed by atoms with E-state index in [1.807, 2.05) is 37.3 Å². The first kappa shape index (κ1) is 19.2. The largest absolute Gasteiger partial charge is 0.494 e. The maximum Gasteiger partial charge on any atom is 0.251 e. The van der Waals surface area contributed by atoms with Gasteiger partial charge in [-0.05, 0) is 69.0 Å². The van der Waals surface area contributed by atoms with Gasteiger partial charge in [0.2, 0.25) is 0 Å². The van der Waals surface area contributed by atoms with E-state index in [4.69, 9.17) is 9.84 Å². The predicted molar refractivity (Wildman–Crippen MR) is 112 cm³/mol. The molecular formula is C23H26N4O2. The van der Waals surface area contributed by atoms with E-state index in [1.54, 1.807) is 18.3 Å². The van der Waals surface area contributed by atoms with Crippen LogP contribution in [-0.2, 0) is 19.4 Å². The average Bonchev–Trinajstić information content (AvgIpc) is 3.14. The van der Waals surface area contributed by atoms with Gasteiger partial charge >= 0.3 is 0 Å². The summed E-state index contributed by atoms with van der Waals surface area (Å²) in [5.41, 5.74) is 5.13. The highest BCUT2D eigenvalue weighted by Gasteiger charge is 2.22. The smallest absolute Gasteiger partial charge is 0.251 e. The van der Waals surface area contributed by atoms with Gasteiger partial charge in [0.25, 0.3) is 5.91 Å². The zero-order valence-corrected chi connectivity index (χ0v) is 16.7. The highest BCUT2D eigenvalue weighted by atomic mass is 16.5. The molecule has 2 heterocycles. The number of carbonyl (C=O) groups excluding carboxylic acids is 1. The highest BCUT2D eigenvalue weighted by Crippen LogP contribution is 2.30. The van der Waals surface area contributed by atoms with E-state index in [0.29, 0.717) is 25.3 Å². The van der Waals surface area contributed by atoms with Gasteiger partial charge in [0.1, 0.15) is 11.4 Å². The monoisotopic (exact) mass is 390 g/mol. The third-order valence-corrected chi connectivity index (χ3v) is 5.20. The summed E-state index contributed by atoms with van der Waals surface area (Å²) in [7, 11) is 0. The first-order chi connectivity index (χ1) is 14.3. The molecule has 0 radical (unpaired) electrons. The van der Waals surface area contributed by atoms with Crippen molar-refractivity contribution in [3.63, 3.8) is 0 Å². The number of nitrogens with zero attached hydrogens (tertiary/aromatic N) is 3. The standard InChI is InChI=1S/C23H26N4O2/c1-2-29-18-12-10-17(11-13-18)23(28)25-15-16-27-21-9-4-3-7-19(21)22(26-27)20-8-5-6-14-24-20/h5-6,8,10-14H,2-4,7,9,15-16H2,1H3,(H,25,28). The molecule has 0 fully saturated rings. The van der Waals surface area contributed by atoms with Gasteiger partial charge in [0, 0.05) is 29.6 Å². The van der Waals surface area contributed by atoms with Crippen molar-refractivity contribution in [3.8, 4) is 17.1 Å². The number of carbonyl (C=O) groups is 1. The maximum absolute atomic E-state index is 12.4. The Morgan fingerprint density at radius 3 is 2.72 bits per heavy atom. The molecule has 0 unspecified atom stereocenters. The van der Waals surface area contributed by atoms with Gasteiger partial charge in [0.15, 0.2) is 0 Å². The second kappa shape index (κ2) is 8.90. The van der Waals surface area contributed by atoms with Crippen LogP contribution in [0.15, 0.2) is 48.7 Å². The second-order valence-corrected chi connectivity index (χ2v) is 7.13. The van der Waals surface area contributed by atoms with Gasteiger partial charge in [-0.1, -0.05) is 6.07 Å². The molecule has 1 N–H and O–H groups in total. The van der Waals surface area contributed by atoms with E-state index < -0.39 is 0 Å². The van der Waals surface area contributed by atoms with Gasteiger partial charge in [0.05, 0.1) is 18.8 Å². The van der Waals surface area contributed by atoms with Crippen molar-refractivity contribution in [2.75, 3.05) is 13.2 Å². The topological polar surface area (TPSA) is 69.0 Å². The number of amides is 1.